The Labute approximate surface area is 90.7 Å². The van der Waals surface area contributed by atoms with Crippen molar-refractivity contribution in [2.45, 2.75) is 33.2 Å². The molecule has 0 spiro atoms. The Morgan fingerprint density at radius 1 is 1.53 bits per heavy atom. The number of aryl methyl sites for hydroxylation is 2. The van der Waals surface area contributed by atoms with Crippen LogP contribution in [0.5, 0.6) is 0 Å². The lowest BCUT2D eigenvalue weighted by molar-refractivity contribution is -0.117. The molecule has 0 radical (unpaired) electrons. The fourth-order valence-electron chi connectivity index (χ4n) is 1.57. The first kappa shape index (κ1) is 11.9. The van der Waals surface area contributed by atoms with Crippen molar-refractivity contribution < 1.29 is 4.79 Å². The first-order chi connectivity index (χ1) is 7.21. The maximum Gasteiger partial charge on any atom is 0.152 e. The maximum absolute atomic E-state index is 11.5. The third-order valence-corrected chi connectivity index (χ3v) is 2.33. The molecule has 0 bridgehead atoms. The number of nitrogens with one attached hydrogen (secondary N) is 1. The van der Waals surface area contributed by atoms with Crippen LogP contribution in [0.4, 0.5) is 0 Å². The van der Waals surface area contributed by atoms with Crippen LogP contribution < -0.4 is 5.32 Å². The van der Waals surface area contributed by atoms with E-state index in [1.165, 1.54) is 0 Å². The Morgan fingerprint density at radius 2 is 2.27 bits per heavy atom. The monoisotopic (exact) mass is 209 g/mol. The molecule has 1 aromatic heterocycles. The zero-order valence-corrected chi connectivity index (χ0v) is 9.71. The van der Waals surface area contributed by atoms with Gasteiger partial charge in [-0.2, -0.15) is 5.10 Å². The van der Waals surface area contributed by atoms with E-state index < -0.39 is 0 Å². The predicted molar refractivity (Wildman–Crippen MR) is 59.9 cm³/mol. The van der Waals surface area contributed by atoms with E-state index in [-0.39, 0.29) is 5.78 Å². The van der Waals surface area contributed by atoms with E-state index in [0.717, 1.165) is 24.4 Å². The van der Waals surface area contributed by atoms with E-state index >= 15 is 0 Å². The van der Waals surface area contributed by atoms with Gasteiger partial charge in [-0.3, -0.25) is 9.48 Å². The summed E-state index contributed by atoms with van der Waals surface area (Å²) in [5.41, 5.74) is 2.08. The average Bonchev–Trinajstić information content (AvgIpc) is 2.60. The third kappa shape index (κ3) is 3.16. The van der Waals surface area contributed by atoms with Crippen LogP contribution in [0, 0.1) is 0 Å². The lowest BCUT2D eigenvalue weighted by Crippen LogP contribution is -2.21. The van der Waals surface area contributed by atoms with Crippen molar-refractivity contribution in [3.63, 3.8) is 0 Å². The summed E-state index contributed by atoms with van der Waals surface area (Å²) in [6.45, 7) is 5.36. The second-order valence-electron chi connectivity index (χ2n) is 3.54. The zero-order chi connectivity index (χ0) is 11.3. The highest BCUT2D eigenvalue weighted by Crippen LogP contribution is 2.06. The van der Waals surface area contributed by atoms with Gasteiger partial charge in [-0.15, -0.1) is 0 Å². The summed E-state index contributed by atoms with van der Waals surface area (Å²) in [5, 5.41) is 7.27. The fraction of sp³-hybridized carbons (Fsp3) is 0.636. The van der Waals surface area contributed by atoms with Crippen LogP contribution in [-0.4, -0.2) is 29.2 Å². The summed E-state index contributed by atoms with van der Waals surface area (Å²) in [5.74, 6) is 0.203. The number of likely N-dealkylation sites (N-methyl/N-ethyl adjacent to an activating group) is 1. The molecule has 0 saturated carbocycles. The predicted octanol–water partition coefficient (Wildman–Crippen LogP) is 0.796. The first-order valence-corrected chi connectivity index (χ1v) is 5.43. The molecular weight excluding hydrogens is 190 g/mol. The number of carbonyl (C=O) groups is 1. The van der Waals surface area contributed by atoms with Crippen LogP contribution in [-0.2, 0) is 24.2 Å². The highest BCUT2D eigenvalue weighted by molar-refractivity contribution is 5.82. The number of carbonyl (C=O) groups excluding carboxylic acids is 1. The molecule has 1 rings (SSSR count). The molecule has 4 heteroatoms. The van der Waals surface area contributed by atoms with Crippen LogP contribution in [0.15, 0.2) is 6.07 Å². The van der Waals surface area contributed by atoms with E-state index in [4.69, 9.17) is 0 Å². The maximum atomic E-state index is 11.5. The molecule has 0 aliphatic rings. The van der Waals surface area contributed by atoms with E-state index in [2.05, 4.69) is 17.3 Å². The van der Waals surface area contributed by atoms with Gasteiger partial charge < -0.3 is 5.32 Å². The number of ketones is 1. The molecule has 15 heavy (non-hydrogen) atoms. The Balaban J connectivity index is 2.74. The second kappa shape index (κ2) is 5.66. The van der Waals surface area contributed by atoms with Gasteiger partial charge >= 0.3 is 0 Å². The van der Waals surface area contributed by atoms with Gasteiger partial charge in [0.2, 0.25) is 0 Å². The van der Waals surface area contributed by atoms with Crippen molar-refractivity contribution in [1.29, 1.82) is 0 Å². The highest BCUT2D eigenvalue weighted by Gasteiger charge is 2.09. The smallest absolute Gasteiger partial charge is 0.152 e. The van der Waals surface area contributed by atoms with Crippen molar-refractivity contribution in [3.8, 4) is 0 Å². The summed E-state index contributed by atoms with van der Waals surface area (Å²) in [6.07, 6.45) is 1.39. The lowest BCUT2D eigenvalue weighted by Gasteiger charge is -2.03. The van der Waals surface area contributed by atoms with Gasteiger partial charge in [0.1, 0.15) is 0 Å². The van der Waals surface area contributed by atoms with Crippen molar-refractivity contribution in [1.82, 2.24) is 15.1 Å². The molecule has 0 aliphatic heterocycles. The number of hydrogen-bond donors (Lipinski definition) is 1. The minimum atomic E-state index is 0.203. The standard InChI is InChI=1S/C11H19N3O/c1-4-9-6-10(14(5-2)13-9)7-11(15)8-12-3/h6,12H,4-5,7-8H2,1-3H3. The average molecular weight is 209 g/mol. The summed E-state index contributed by atoms with van der Waals surface area (Å²) in [6, 6.07) is 2.02. The molecule has 1 N–H and O–H groups in total. The highest BCUT2D eigenvalue weighted by atomic mass is 16.1. The van der Waals surface area contributed by atoms with Crippen molar-refractivity contribution in [2.75, 3.05) is 13.6 Å². The lowest BCUT2D eigenvalue weighted by atomic mass is 10.2. The van der Waals surface area contributed by atoms with E-state index in [0.29, 0.717) is 13.0 Å². The summed E-state index contributed by atoms with van der Waals surface area (Å²) < 4.78 is 1.91. The molecule has 1 aromatic rings. The molecule has 0 atom stereocenters. The molecule has 1 heterocycles. The van der Waals surface area contributed by atoms with Crippen molar-refractivity contribution >= 4 is 5.78 Å². The second-order valence-corrected chi connectivity index (χ2v) is 3.54. The van der Waals surface area contributed by atoms with Crippen LogP contribution >= 0.6 is 0 Å². The van der Waals surface area contributed by atoms with Crippen LogP contribution in [0.2, 0.25) is 0 Å². The zero-order valence-electron chi connectivity index (χ0n) is 9.71. The largest absolute Gasteiger partial charge is 0.313 e. The van der Waals surface area contributed by atoms with Gasteiger partial charge in [-0.05, 0) is 26.5 Å². The van der Waals surface area contributed by atoms with Gasteiger partial charge in [0.15, 0.2) is 5.78 Å². The fourth-order valence-corrected chi connectivity index (χ4v) is 1.57. The Hall–Kier alpha value is -1.16. The minimum Gasteiger partial charge on any atom is -0.313 e. The van der Waals surface area contributed by atoms with Crippen LogP contribution in [0.3, 0.4) is 0 Å². The van der Waals surface area contributed by atoms with Gasteiger partial charge in [0.25, 0.3) is 0 Å². The van der Waals surface area contributed by atoms with E-state index in [9.17, 15) is 4.79 Å². The normalized spacial score (nSPS) is 10.6. The van der Waals surface area contributed by atoms with Crippen molar-refractivity contribution in [2.24, 2.45) is 0 Å². The molecule has 0 saturated heterocycles. The molecular formula is C11H19N3O. The minimum absolute atomic E-state index is 0.203. The topological polar surface area (TPSA) is 46.9 Å². The summed E-state index contributed by atoms with van der Waals surface area (Å²) in [7, 11) is 1.78. The number of nitrogens with zero attached hydrogens (tertiary/aromatic N) is 2. The number of rotatable bonds is 6. The molecule has 84 valence electrons. The molecule has 0 aromatic carbocycles. The van der Waals surface area contributed by atoms with Crippen LogP contribution in [0.25, 0.3) is 0 Å². The number of hydrogen-bond acceptors (Lipinski definition) is 3. The van der Waals surface area contributed by atoms with Crippen molar-refractivity contribution in [3.05, 3.63) is 17.5 Å². The molecule has 0 unspecified atom stereocenters. The number of aromatic nitrogens is 2. The Morgan fingerprint density at radius 3 is 2.80 bits per heavy atom. The Bertz CT molecular complexity index is 331. The van der Waals surface area contributed by atoms with E-state index in [1.807, 2.05) is 17.7 Å². The first-order valence-electron chi connectivity index (χ1n) is 5.43. The summed E-state index contributed by atoms with van der Waals surface area (Å²) >= 11 is 0. The Kier molecular flexibility index (Phi) is 4.49. The van der Waals surface area contributed by atoms with Gasteiger partial charge in [0, 0.05) is 18.7 Å². The van der Waals surface area contributed by atoms with Gasteiger partial charge in [-0.1, -0.05) is 6.92 Å². The third-order valence-electron chi connectivity index (χ3n) is 2.33. The quantitative estimate of drug-likeness (QED) is 0.753. The summed E-state index contributed by atoms with van der Waals surface area (Å²) in [4.78, 5) is 11.5. The SMILES string of the molecule is CCc1cc(CC(=O)CNC)n(CC)n1. The molecule has 0 fully saturated rings. The van der Waals surface area contributed by atoms with Gasteiger partial charge in [-0.25, -0.2) is 0 Å². The van der Waals surface area contributed by atoms with Crippen LogP contribution in [0.1, 0.15) is 25.2 Å². The van der Waals surface area contributed by atoms with Gasteiger partial charge in [0.05, 0.1) is 12.2 Å². The van der Waals surface area contributed by atoms with E-state index in [1.54, 1.807) is 7.05 Å². The molecule has 4 nitrogen and oxygen atoms in total. The molecule has 0 amide bonds. The number of Topliss-reactive ketones (excluding diaryl/α,β-unsaturated/α-hetero) is 1. The molecule has 0 aliphatic carbocycles.